The van der Waals surface area contributed by atoms with Crippen molar-refractivity contribution in [3.8, 4) is 0 Å². The number of fused-ring (bicyclic) bond motifs is 1. The normalized spacial score (nSPS) is 14.4. The molecule has 0 nitrogen and oxygen atoms in total. The average molecular weight is 282 g/mol. The van der Waals surface area contributed by atoms with Gasteiger partial charge in [-0.15, -0.1) is 0 Å². The molecule has 0 spiro atoms. The van der Waals surface area contributed by atoms with E-state index in [1.807, 2.05) is 0 Å². The largest absolute Gasteiger partial charge is 0.0602 e. The van der Waals surface area contributed by atoms with Crippen LogP contribution in [-0.2, 0) is 0 Å². The summed E-state index contributed by atoms with van der Waals surface area (Å²) in [7, 11) is 0. The fraction of sp³-hybridized carbons (Fsp3) is 0.524. The molecule has 0 aliphatic carbocycles. The standard InChI is InChI=1S/C21H30/c1-15-8-9-17-13-18(11-10-16(17)12-15)19(21(5,6)7)14-20(2,3)4/h8-13,19H,14H2,1-7H3. The zero-order valence-electron chi connectivity index (χ0n) is 14.7. The molecule has 114 valence electrons. The van der Waals surface area contributed by atoms with E-state index in [1.165, 1.54) is 28.3 Å². The van der Waals surface area contributed by atoms with Gasteiger partial charge in [0.1, 0.15) is 0 Å². The van der Waals surface area contributed by atoms with Gasteiger partial charge in [0.2, 0.25) is 0 Å². The van der Waals surface area contributed by atoms with E-state index in [2.05, 4.69) is 84.9 Å². The topological polar surface area (TPSA) is 0 Å². The zero-order valence-corrected chi connectivity index (χ0v) is 14.7. The van der Waals surface area contributed by atoms with Gasteiger partial charge in [-0.2, -0.15) is 0 Å². The van der Waals surface area contributed by atoms with E-state index in [9.17, 15) is 0 Å². The Morgan fingerprint density at radius 2 is 1.38 bits per heavy atom. The fourth-order valence-electron chi connectivity index (χ4n) is 3.14. The minimum atomic E-state index is 0.283. The third-order valence-corrected chi connectivity index (χ3v) is 4.28. The highest BCUT2D eigenvalue weighted by atomic mass is 14.3. The van der Waals surface area contributed by atoms with Crippen LogP contribution in [0.4, 0.5) is 0 Å². The molecule has 2 aromatic carbocycles. The van der Waals surface area contributed by atoms with Gasteiger partial charge in [-0.25, -0.2) is 0 Å². The highest BCUT2D eigenvalue weighted by Gasteiger charge is 2.30. The summed E-state index contributed by atoms with van der Waals surface area (Å²) in [5.41, 5.74) is 3.44. The number of hydrogen-bond acceptors (Lipinski definition) is 0. The van der Waals surface area contributed by atoms with Crippen LogP contribution in [0.1, 0.15) is 65.0 Å². The van der Waals surface area contributed by atoms with Crippen molar-refractivity contribution in [1.29, 1.82) is 0 Å². The molecule has 21 heavy (non-hydrogen) atoms. The van der Waals surface area contributed by atoms with E-state index in [0.29, 0.717) is 11.3 Å². The lowest BCUT2D eigenvalue weighted by Gasteiger charge is -2.36. The number of aryl methyl sites for hydroxylation is 1. The van der Waals surface area contributed by atoms with Crippen LogP contribution in [0.5, 0.6) is 0 Å². The van der Waals surface area contributed by atoms with Crippen LogP contribution in [0.25, 0.3) is 10.8 Å². The van der Waals surface area contributed by atoms with Crippen LogP contribution >= 0.6 is 0 Å². The summed E-state index contributed by atoms with van der Waals surface area (Å²) in [6, 6.07) is 13.8. The summed E-state index contributed by atoms with van der Waals surface area (Å²) in [6.45, 7) is 16.3. The molecule has 0 amide bonds. The van der Waals surface area contributed by atoms with Gasteiger partial charge >= 0.3 is 0 Å². The van der Waals surface area contributed by atoms with Gasteiger partial charge in [0, 0.05) is 0 Å². The Balaban J connectivity index is 2.47. The molecule has 0 heteroatoms. The highest BCUT2D eigenvalue weighted by Crippen LogP contribution is 2.43. The van der Waals surface area contributed by atoms with E-state index in [1.54, 1.807) is 0 Å². The summed E-state index contributed by atoms with van der Waals surface area (Å²) in [5.74, 6) is 0.586. The summed E-state index contributed by atoms with van der Waals surface area (Å²) in [4.78, 5) is 0. The molecule has 0 saturated heterocycles. The lowest BCUT2D eigenvalue weighted by Crippen LogP contribution is -2.23. The van der Waals surface area contributed by atoms with Crippen LogP contribution in [0.2, 0.25) is 0 Å². The molecule has 0 saturated carbocycles. The molecular formula is C21H30. The van der Waals surface area contributed by atoms with Crippen molar-refractivity contribution in [2.45, 2.75) is 60.8 Å². The molecule has 2 aromatic rings. The first kappa shape index (κ1) is 16.1. The molecule has 0 fully saturated rings. The van der Waals surface area contributed by atoms with Crippen molar-refractivity contribution < 1.29 is 0 Å². The van der Waals surface area contributed by atoms with Crippen molar-refractivity contribution in [3.05, 3.63) is 47.5 Å². The van der Waals surface area contributed by atoms with Gasteiger partial charge in [-0.1, -0.05) is 83.5 Å². The summed E-state index contributed by atoms with van der Waals surface area (Å²) < 4.78 is 0. The summed E-state index contributed by atoms with van der Waals surface area (Å²) in [6.07, 6.45) is 1.22. The minimum absolute atomic E-state index is 0.283. The third kappa shape index (κ3) is 4.09. The smallest absolute Gasteiger partial charge is 0.0108 e. The van der Waals surface area contributed by atoms with E-state index < -0.39 is 0 Å². The number of rotatable bonds is 2. The maximum atomic E-state index is 2.40. The van der Waals surface area contributed by atoms with Gasteiger partial charge in [0.05, 0.1) is 0 Å². The van der Waals surface area contributed by atoms with Crippen molar-refractivity contribution in [3.63, 3.8) is 0 Å². The molecule has 0 aliphatic rings. The molecule has 0 N–H and O–H groups in total. The van der Waals surface area contributed by atoms with E-state index in [0.717, 1.165) is 0 Å². The van der Waals surface area contributed by atoms with Crippen LogP contribution in [0.3, 0.4) is 0 Å². The predicted octanol–water partition coefficient (Wildman–Crippen LogP) is 6.71. The molecule has 2 rings (SSSR count). The van der Waals surface area contributed by atoms with Crippen LogP contribution in [0, 0.1) is 17.8 Å². The minimum Gasteiger partial charge on any atom is -0.0602 e. The second kappa shape index (κ2) is 5.48. The highest BCUT2D eigenvalue weighted by molar-refractivity contribution is 5.83. The van der Waals surface area contributed by atoms with Gasteiger partial charge in [-0.3, -0.25) is 0 Å². The molecule has 1 unspecified atom stereocenters. The SMILES string of the molecule is Cc1ccc2cc(C(CC(C)(C)C)C(C)(C)C)ccc2c1. The summed E-state index contributed by atoms with van der Waals surface area (Å²) >= 11 is 0. The van der Waals surface area contributed by atoms with Gasteiger partial charge in [0.15, 0.2) is 0 Å². The molecule has 0 aromatic heterocycles. The first-order chi connectivity index (χ1) is 9.56. The van der Waals surface area contributed by atoms with E-state index in [-0.39, 0.29) is 5.41 Å². The Morgan fingerprint density at radius 3 is 1.95 bits per heavy atom. The van der Waals surface area contributed by atoms with Crippen LogP contribution in [-0.4, -0.2) is 0 Å². The van der Waals surface area contributed by atoms with Crippen molar-refractivity contribution in [2.24, 2.45) is 10.8 Å². The van der Waals surface area contributed by atoms with Crippen molar-refractivity contribution in [2.75, 3.05) is 0 Å². The predicted molar refractivity (Wildman–Crippen MR) is 95.0 cm³/mol. The molecule has 0 radical (unpaired) electrons. The first-order valence-corrected chi connectivity index (χ1v) is 8.07. The second-order valence-corrected chi connectivity index (χ2v) is 8.79. The molecule has 0 bridgehead atoms. The summed E-state index contributed by atoms with van der Waals surface area (Å²) in [5, 5.41) is 2.71. The monoisotopic (exact) mass is 282 g/mol. The maximum Gasteiger partial charge on any atom is -0.0108 e. The zero-order chi connectivity index (χ0) is 15.8. The van der Waals surface area contributed by atoms with Crippen LogP contribution < -0.4 is 0 Å². The number of benzene rings is 2. The Kier molecular flexibility index (Phi) is 4.19. The van der Waals surface area contributed by atoms with Crippen LogP contribution in [0.15, 0.2) is 36.4 Å². The fourth-order valence-corrected chi connectivity index (χ4v) is 3.14. The lowest BCUT2D eigenvalue weighted by atomic mass is 9.69. The Morgan fingerprint density at radius 1 is 0.810 bits per heavy atom. The molecule has 0 heterocycles. The van der Waals surface area contributed by atoms with Gasteiger partial charge in [0.25, 0.3) is 0 Å². The maximum absolute atomic E-state index is 2.40. The lowest BCUT2D eigenvalue weighted by molar-refractivity contribution is 0.229. The molecule has 0 aliphatic heterocycles. The quantitative estimate of drug-likeness (QED) is 0.574. The third-order valence-electron chi connectivity index (χ3n) is 4.28. The Hall–Kier alpha value is -1.30. The Bertz CT molecular complexity index is 621. The van der Waals surface area contributed by atoms with E-state index >= 15 is 0 Å². The first-order valence-electron chi connectivity index (χ1n) is 8.07. The average Bonchev–Trinajstić information content (AvgIpc) is 2.33. The van der Waals surface area contributed by atoms with Gasteiger partial charge < -0.3 is 0 Å². The van der Waals surface area contributed by atoms with Crippen molar-refractivity contribution in [1.82, 2.24) is 0 Å². The molecule has 1 atom stereocenters. The van der Waals surface area contributed by atoms with Crippen molar-refractivity contribution >= 4 is 10.8 Å². The van der Waals surface area contributed by atoms with Gasteiger partial charge in [-0.05, 0) is 46.4 Å². The second-order valence-electron chi connectivity index (χ2n) is 8.79. The molecular weight excluding hydrogens is 252 g/mol. The Labute approximate surface area is 130 Å². The number of hydrogen-bond donors (Lipinski definition) is 0. The van der Waals surface area contributed by atoms with E-state index in [4.69, 9.17) is 0 Å².